The second-order valence-corrected chi connectivity index (χ2v) is 5.55. The molecule has 2 rings (SSSR count). The van der Waals surface area contributed by atoms with Crippen LogP contribution in [0.4, 0.5) is 0 Å². The predicted octanol–water partition coefficient (Wildman–Crippen LogP) is 3.26. The van der Waals surface area contributed by atoms with Crippen LogP contribution in [0, 0.1) is 6.92 Å². The highest BCUT2D eigenvalue weighted by molar-refractivity contribution is 5.25. The van der Waals surface area contributed by atoms with Gasteiger partial charge in [0, 0.05) is 18.6 Å². The summed E-state index contributed by atoms with van der Waals surface area (Å²) in [6, 6.07) is 9.52. The van der Waals surface area contributed by atoms with Crippen molar-refractivity contribution in [2.24, 2.45) is 5.73 Å². The fourth-order valence-electron chi connectivity index (χ4n) is 3.06. The van der Waals surface area contributed by atoms with E-state index in [0.29, 0.717) is 0 Å². The molecule has 1 aliphatic carbocycles. The van der Waals surface area contributed by atoms with Gasteiger partial charge in [-0.25, -0.2) is 0 Å². The number of likely N-dealkylation sites (N-methyl/N-ethyl adjacent to an activating group) is 1. The molecule has 0 bridgehead atoms. The zero-order valence-electron chi connectivity index (χ0n) is 11.7. The first kappa shape index (κ1) is 13.6. The van der Waals surface area contributed by atoms with Crippen LogP contribution in [0.5, 0.6) is 0 Å². The lowest BCUT2D eigenvalue weighted by atomic mass is 10.0. The molecule has 1 atom stereocenters. The van der Waals surface area contributed by atoms with Gasteiger partial charge in [0.05, 0.1) is 0 Å². The Morgan fingerprint density at radius 1 is 1.33 bits per heavy atom. The van der Waals surface area contributed by atoms with Gasteiger partial charge in [0.2, 0.25) is 0 Å². The van der Waals surface area contributed by atoms with Gasteiger partial charge in [0.25, 0.3) is 0 Å². The van der Waals surface area contributed by atoms with Gasteiger partial charge >= 0.3 is 0 Å². The summed E-state index contributed by atoms with van der Waals surface area (Å²) in [7, 11) is 0. The summed E-state index contributed by atoms with van der Waals surface area (Å²) in [6.45, 7) is 6.49. The summed E-state index contributed by atoms with van der Waals surface area (Å²) in [5, 5.41) is 0. The van der Waals surface area contributed by atoms with Crippen molar-refractivity contribution in [1.29, 1.82) is 0 Å². The molecule has 0 heterocycles. The number of aryl methyl sites for hydroxylation is 1. The third-order valence-corrected chi connectivity index (χ3v) is 4.15. The molecule has 0 radical (unpaired) electrons. The molecule has 1 fully saturated rings. The van der Waals surface area contributed by atoms with Crippen molar-refractivity contribution in [2.45, 2.75) is 51.6 Å². The molecule has 0 aliphatic heterocycles. The molecule has 1 aromatic rings. The van der Waals surface area contributed by atoms with Gasteiger partial charge in [0.1, 0.15) is 0 Å². The van der Waals surface area contributed by atoms with Gasteiger partial charge in [0.15, 0.2) is 0 Å². The summed E-state index contributed by atoms with van der Waals surface area (Å²) in [5.74, 6) is 0. The van der Waals surface area contributed by atoms with Gasteiger partial charge in [-0.3, -0.25) is 4.90 Å². The van der Waals surface area contributed by atoms with Crippen molar-refractivity contribution in [3.8, 4) is 0 Å². The van der Waals surface area contributed by atoms with Crippen LogP contribution in [0.3, 0.4) is 0 Å². The zero-order valence-corrected chi connectivity index (χ0v) is 11.7. The molecule has 2 heteroatoms. The summed E-state index contributed by atoms with van der Waals surface area (Å²) >= 11 is 0. The van der Waals surface area contributed by atoms with Crippen LogP contribution in [0.2, 0.25) is 0 Å². The van der Waals surface area contributed by atoms with E-state index in [1.54, 1.807) is 0 Å². The number of benzene rings is 1. The number of hydrogen-bond donors (Lipinski definition) is 1. The SMILES string of the molecule is CCN(CC(N)c1cccc(C)c1)C1CCCC1. The lowest BCUT2D eigenvalue weighted by Gasteiger charge is -2.30. The fourth-order valence-corrected chi connectivity index (χ4v) is 3.06. The minimum atomic E-state index is 0.144. The second-order valence-electron chi connectivity index (χ2n) is 5.55. The van der Waals surface area contributed by atoms with Gasteiger partial charge in [-0.15, -0.1) is 0 Å². The van der Waals surface area contributed by atoms with E-state index in [9.17, 15) is 0 Å². The summed E-state index contributed by atoms with van der Waals surface area (Å²) in [6.07, 6.45) is 5.49. The Kier molecular flexibility index (Phi) is 4.79. The van der Waals surface area contributed by atoms with Crippen molar-refractivity contribution in [2.75, 3.05) is 13.1 Å². The first-order valence-corrected chi connectivity index (χ1v) is 7.27. The third kappa shape index (κ3) is 3.33. The van der Waals surface area contributed by atoms with Crippen molar-refractivity contribution in [1.82, 2.24) is 4.90 Å². The molecule has 0 amide bonds. The minimum absolute atomic E-state index is 0.144. The van der Waals surface area contributed by atoms with Crippen LogP contribution in [0.15, 0.2) is 24.3 Å². The standard InChI is InChI=1S/C16H26N2/c1-3-18(15-9-4-5-10-15)12-16(17)14-8-6-7-13(2)11-14/h6-8,11,15-16H,3-5,9-10,12,17H2,1-2H3. The van der Waals surface area contributed by atoms with Crippen molar-refractivity contribution in [3.63, 3.8) is 0 Å². The van der Waals surface area contributed by atoms with Crippen LogP contribution < -0.4 is 5.73 Å². The van der Waals surface area contributed by atoms with Crippen LogP contribution in [-0.4, -0.2) is 24.0 Å². The maximum absolute atomic E-state index is 6.37. The van der Waals surface area contributed by atoms with Crippen LogP contribution in [0.1, 0.15) is 49.8 Å². The molecular formula is C16H26N2. The average Bonchev–Trinajstić information content (AvgIpc) is 2.89. The minimum Gasteiger partial charge on any atom is -0.323 e. The number of hydrogen-bond acceptors (Lipinski definition) is 2. The van der Waals surface area contributed by atoms with Crippen LogP contribution >= 0.6 is 0 Å². The van der Waals surface area contributed by atoms with E-state index in [1.165, 1.54) is 36.8 Å². The molecule has 2 N–H and O–H groups in total. The van der Waals surface area contributed by atoms with E-state index in [1.807, 2.05) is 0 Å². The predicted molar refractivity (Wildman–Crippen MR) is 77.6 cm³/mol. The molecule has 1 unspecified atom stereocenters. The first-order chi connectivity index (χ1) is 8.70. The molecule has 0 aromatic heterocycles. The van der Waals surface area contributed by atoms with E-state index in [2.05, 4.69) is 43.0 Å². The van der Waals surface area contributed by atoms with Gasteiger partial charge in [-0.1, -0.05) is 49.6 Å². The molecule has 18 heavy (non-hydrogen) atoms. The third-order valence-electron chi connectivity index (χ3n) is 4.15. The molecule has 0 saturated heterocycles. The topological polar surface area (TPSA) is 29.3 Å². The van der Waals surface area contributed by atoms with Gasteiger partial charge in [-0.2, -0.15) is 0 Å². The normalized spacial score (nSPS) is 18.4. The Labute approximate surface area is 111 Å². The van der Waals surface area contributed by atoms with E-state index < -0.39 is 0 Å². The van der Waals surface area contributed by atoms with Gasteiger partial charge in [-0.05, 0) is 31.9 Å². The fraction of sp³-hybridized carbons (Fsp3) is 0.625. The molecule has 0 spiro atoms. The number of nitrogens with two attached hydrogens (primary N) is 1. The summed E-state index contributed by atoms with van der Waals surface area (Å²) in [5.41, 5.74) is 8.93. The molecule has 1 saturated carbocycles. The second kappa shape index (κ2) is 6.35. The maximum atomic E-state index is 6.37. The lowest BCUT2D eigenvalue weighted by molar-refractivity contribution is 0.197. The molecule has 1 aromatic carbocycles. The van der Waals surface area contributed by atoms with Crippen molar-refractivity contribution in [3.05, 3.63) is 35.4 Å². The highest BCUT2D eigenvalue weighted by Crippen LogP contribution is 2.25. The Hall–Kier alpha value is -0.860. The lowest BCUT2D eigenvalue weighted by Crippen LogP contribution is -2.38. The summed E-state index contributed by atoms with van der Waals surface area (Å²) < 4.78 is 0. The highest BCUT2D eigenvalue weighted by Gasteiger charge is 2.23. The smallest absolute Gasteiger partial charge is 0.0424 e. The van der Waals surface area contributed by atoms with Gasteiger partial charge < -0.3 is 5.73 Å². The summed E-state index contributed by atoms with van der Waals surface area (Å²) in [4.78, 5) is 2.57. The first-order valence-electron chi connectivity index (χ1n) is 7.27. The number of rotatable bonds is 5. The molecule has 1 aliphatic rings. The monoisotopic (exact) mass is 246 g/mol. The van der Waals surface area contributed by atoms with Crippen molar-refractivity contribution < 1.29 is 0 Å². The highest BCUT2D eigenvalue weighted by atomic mass is 15.2. The molecule has 2 nitrogen and oxygen atoms in total. The van der Waals surface area contributed by atoms with Crippen LogP contribution in [-0.2, 0) is 0 Å². The van der Waals surface area contributed by atoms with Crippen LogP contribution in [0.25, 0.3) is 0 Å². The van der Waals surface area contributed by atoms with Crippen molar-refractivity contribution >= 4 is 0 Å². The zero-order chi connectivity index (χ0) is 13.0. The van der Waals surface area contributed by atoms with E-state index in [-0.39, 0.29) is 6.04 Å². The van der Waals surface area contributed by atoms with E-state index in [0.717, 1.165) is 19.1 Å². The maximum Gasteiger partial charge on any atom is 0.0424 e. The average molecular weight is 246 g/mol. The molecule has 100 valence electrons. The number of nitrogens with zero attached hydrogens (tertiary/aromatic N) is 1. The quantitative estimate of drug-likeness (QED) is 0.864. The largest absolute Gasteiger partial charge is 0.323 e. The van der Waals surface area contributed by atoms with E-state index >= 15 is 0 Å². The van der Waals surface area contributed by atoms with E-state index in [4.69, 9.17) is 5.73 Å². The Morgan fingerprint density at radius 3 is 2.67 bits per heavy atom. The Balaban J connectivity index is 1.98. The molecular weight excluding hydrogens is 220 g/mol. The Morgan fingerprint density at radius 2 is 2.06 bits per heavy atom. The Bertz CT molecular complexity index is 369.